The Balaban J connectivity index is 2.77. The number of carbonyl (C=O) groups is 3. The summed E-state index contributed by atoms with van der Waals surface area (Å²) in [5.41, 5.74) is -1.60. The van der Waals surface area contributed by atoms with E-state index < -0.39 is 41.3 Å². The van der Waals surface area contributed by atoms with E-state index in [4.69, 9.17) is 9.47 Å². The summed E-state index contributed by atoms with van der Waals surface area (Å²) in [4.78, 5) is 37.2. The number of hydrogen-bond donors (Lipinski definition) is 0. The lowest BCUT2D eigenvalue weighted by Crippen LogP contribution is -2.48. The number of amides is 1. The zero-order chi connectivity index (χ0) is 18.0. The van der Waals surface area contributed by atoms with Crippen LogP contribution in [0.5, 0.6) is 0 Å². The third-order valence-corrected chi connectivity index (χ3v) is 3.07. The van der Waals surface area contributed by atoms with Gasteiger partial charge < -0.3 is 9.47 Å². The highest BCUT2D eigenvalue weighted by Crippen LogP contribution is 2.24. The third kappa shape index (κ3) is 5.80. The molecule has 0 N–H and O–H groups in total. The van der Waals surface area contributed by atoms with E-state index in [1.54, 1.807) is 41.5 Å². The van der Waals surface area contributed by atoms with Gasteiger partial charge in [-0.25, -0.2) is 14.0 Å². The normalized spacial score (nSPS) is 20.1. The first-order chi connectivity index (χ1) is 10.3. The fourth-order valence-electron chi connectivity index (χ4n) is 2.24. The molecule has 0 aliphatic carbocycles. The van der Waals surface area contributed by atoms with E-state index in [0.29, 0.717) is 19.4 Å². The summed E-state index contributed by atoms with van der Waals surface area (Å²) in [6.45, 7) is 10.2. The summed E-state index contributed by atoms with van der Waals surface area (Å²) in [5.74, 6) is -2.18. The van der Waals surface area contributed by atoms with E-state index >= 15 is 0 Å². The number of hydrogen-bond acceptors (Lipinski definition) is 5. The average Bonchev–Trinajstić information content (AvgIpc) is 2.81. The van der Waals surface area contributed by atoms with Crippen molar-refractivity contribution in [1.82, 2.24) is 4.90 Å². The van der Waals surface area contributed by atoms with Crippen LogP contribution >= 0.6 is 0 Å². The first kappa shape index (κ1) is 19.4. The molecule has 1 rings (SSSR count). The van der Waals surface area contributed by atoms with Crippen molar-refractivity contribution in [2.24, 2.45) is 0 Å². The van der Waals surface area contributed by atoms with Crippen LogP contribution in [0.3, 0.4) is 0 Å². The Morgan fingerprint density at radius 1 is 1.04 bits per heavy atom. The van der Waals surface area contributed by atoms with Crippen LogP contribution in [0.4, 0.5) is 9.18 Å². The molecule has 6 nitrogen and oxygen atoms in total. The summed E-state index contributed by atoms with van der Waals surface area (Å²) >= 11 is 0. The fraction of sp³-hybridized carbons (Fsp3) is 0.812. The van der Waals surface area contributed by atoms with Crippen molar-refractivity contribution >= 4 is 17.8 Å². The van der Waals surface area contributed by atoms with E-state index in [9.17, 15) is 18.8 Å². The molecule has 132 valence electrons. The number of likely N-dealkylation sites (tertiary alicyclic amines) is 1. The molecule has 2 atom stereocenters. The average molecular weight is 331 g/mol. The zero-order valence-corrected chi connectivity index (χ0v) is 14.6. The lowest BCUT2D eigenvalue weighted by Gasteiger charge is -2.28. The van der Waals surface area contributed by atoms with Gasteiger partial charge in [0.2, 0.25) is 5.78 Å². The molecular weight excluding hydrogens is 305 g/mol. The van der Waals surface area contributed by atoms with Crippen molar-refractivity contribution in [3.8, 4) is 0 Å². The van der Waals surface area contributed by atoms with Gasteiger partial charge >= 0.3 is 12.1 Å². The Kier molecular flexibility index (Phi) is 5.77. The third-order valence-electron chi connectivity index (χ3n) is 3.07. The minimum absolute atomic E-state index is 0.298. The molecule has 7 heteroatoms. The number of ether oxygens (including phenoxy) is 2. The van der Waals surface area contributed by atoms with Gasteiger partial charge in [-0.1, -0.05) is 0 Å². The highest BCUT2D eigenvalue weighted by Gasteiger charge is 2.43. The molecule has 1 saturated heterocycles. The van der Waals surface area contributed by atoms with Gasteiger partial charge in [0.25, 0.3) is 6.17 Å². The maximum atomic E-state index is 14.1. The summed E-state index contributed by atoms with van der Waals surface area (Å²) in [6, 6.07) is -0.993. The predicted molar refractivity (Wildman–Crippen MR) is 81.7 cm³/mol. The van der Waals surface area contributed by atoms with E-state index in [2.05, 4.69) is 0 Å². The molecule has 0 aromatic heterocycles. The van der Waals surface area contributed by atoms with E-state index in [-0.39, 0.29) is 0 Å². The van der Waals surface area contributed by atoms with Crippen molar-refractivity contribution in [3.05, 3.63) is 0 Å². The standard InChI is InChI=1S/C16H26FNO5/c1-15(2,3)22-13(20)11(17)12(19)10-8-7-9-18(10)14(21)23-16(4,5)6/h10-11H,7-9H2,1-6H3. The molecule has 1 heterocycles. The second-order valence-corrected chi connectivity index (χ2v) is 7.63. The number of rotatable bonds is 3. The van der Waals surface area contributed by atoms with Crippen LogP contribution in [0, 0.1) is 0 Å². The second-order valence-electron chi connectivity index (χ2n) is 7.63. The van der Waals surface area contributed by atoms with Crippen molar-refractivity contribution in [3.63, 3.8) is 0 Å². The Labute approximate surface area is 136 Å². The summed E-state index contributed by atoms with van der Waals surface area (Å²) in [7, 11) is 0. The van der Waals surface area contributed by atoms with E-state index in [1.165, 1.54) is 4.90 Å². The molecule has 1 aliphatic rings. The van der Waals surface area contributed by atoms with Crippen molar-refractivity contribution in [2.45, 2.75) is 77.8 Å². The first-order valence-corrected chi connectivity index (χ1v) is 7.72. The molecule has 0 saturated carbocycles. The molecule has 1 amide bonds. The van der Waals surface area contributed by atoms with Gasteiger partial charge in [-0.05, 0) is 54.4 Å². The topological polar surface area (TPSA) is 72.9 Å². The van der Waals surface area contributed by atoms with Gasteiger partial charge in [0, 0.05) is 6.54 Å². The molecule has 1 fully saturated rings. The van der Waals surface area contributed by atoms with Crippen LogP contribution in [-0.2, 0) is 19.1 Å². The minimum atomic E-state index is -2.40. The number of ketones is 1. The Hall–Kier alpha value is -1.66. The maximum absolute atomic E-state index is 14.1. The predicted octanol–water partition coefficient (Wildman–Crippen LogP) is 2.63. The summed E-state index contributed by atoms with van der Waals surface area (Å²) in [6.07, 6.45) is -2.22. The van der Waals surface area contributed by atoms with Gasteiger partial charge in [0.1, 0.15) is 11.2 Å². The molecule has 0 aromatic rings. The Morgan fingerprint density at radius 3 is 2.04 bits per heavy atom. The lowest BCUT2D eigenvalue weighted by molar-refractivity contribution is -0.164. The van der Waals surface area contributed by atoms with E-state index in [0.717, 1.165) is 0 Å². The van der Waals surface area contributed by atoms with Crippen LogP contribution < -0.4 is 0 Å². The first-order valence-electron chi connectivity index (χ1n) is 7.72. The van der Waals surface area contributed by atoms with E-state index in [1.807, 2.05) is 0 Å². The molecule has 0 spiro atoms. The quantitative estimate of drug-likeness (QED) is 0.587. The highest BCUT2D eigenvalue weighted by atomic mass is 19.1. The maximum Gasteiger partial charge on any atom is 0.410 e. The van der Waals surface area contributed by atoms with Crippen LogP contribution in [0.25, 0.3) is 0 Å². The van der Waals surface area contributed by atoms with Crippen LogP contribution in [-0.4, -0.2) is 52.7 Å². The molecule has 0 aromatic carbocycles. The van der Waals surface area contributed by atoms with Gasteiger partial charge in [0.05, 0.1) is 6.04 Å². The molecule has 23 heavy (non-hydrogen) atoms. The molecule has 2 unspecified atom stereocenters. The summed E-state index contributed by atoms with van der Waals surface area (Å²) < 4.78 is 24.3. The Bertz CT molecular complexity index is 478. The monoisotopic (exact) mass is 331 g/mol. The fourth-order valence-corrected chi connectivity index (χ4v) is 2.24. The van der Waals surface area contributed by atoms with Crippen molar-refractivity contribution in [1.29, 1.82) is 0 Å². The molecule has 1 aliphatic heterocycles. The molecular formula is C16H26FNO5. The number of nitrogens with zero attached hydrogens (tertiary/aromatic N) is 1. The lowest BCUT2D eigenvalue weighted by atomic mass is 10.1. The van der Waals surface area contributed by atoms with Crippen molar-refractivity contribution in [2.75, 3.05) is 6.54 Å². The van der Waals surface area contributed by atoms with Crippen LogP contribution in [0.1, 0.15) is 54.4 Å². The smallest absolute Gasteiger partial charge is 0.410 e. The minimum Gasteiger partial charge on any atom is -0.457 e. The number of alkyl halides is 1. The SMILES string of the molecule is CC(C)(C)OC(=O)C(F)C(=O)C1CCCN1C(=O)OC(C)(C)C. The van der Waals surface area contributed by atoms with Gasteiger partial charge in [0.15, 0.2) is 0 Å². The number of halogens is 1. The van der Waals surface area contributed by atoms with Crippen LogP contribution in [0.15, 0.2) is 0 Å². The highest BCUT2D eigenvalue weighted by molar-refractivity contribution is 6.05. The largest absolute Gasteiger partial charge is 0.457 e. The van der Waals surface area contributed by atoms with Crippen molar-refractivity contribution < 1.29 is 28.2 Å². The number of esters is 1. The molecule has 0 radical (unpaired) electrons. The van der Waals surface area contributed by atoms with Gasteiger partial charge in [-0.3, -0.25) is 9.69 Å². The summed E-state index contributed by atoms with van der Waals surface area (Å²) in [5, 5.41) is 0. The Morgan fingerprint density at radius 2 is 1.57 bits per heavy atom. The van der Waals surface area contributed by atoms with Crippen LogP contribution in [0.2, 0.25) is 0 Å². The molecule has 0 bridgehead atoms. The zero-order valence-electron chi connectivity index (χ0n) is 14.6. The van der Waals surface area contributed by atoms with Gasteiger partial charge in [-0.2, -0.15) is 0 Å². The number of Topliss-reactive ketones (excluding diaryl/α,β-unsaturated/α-hetero) is 1. The number of carbonyl (C=O) groups excluding carboxylic acids is 3. The van der Waals surface area contributed by atoms with Gasteiger partial charge in [-0.15, -0.1) is 0 Å². The second kappa shape index (κ2) is 6.84.